The highest BCUT2D eigenvalue weighted by Gasteiger charge is 2.25. The number of rotatable bonds is 8. The van der Waals surface area contributed by atoms with E-state index in [0.29, 0.717) is 12.3 Å². The summed E-state index contributed by atoms with van der Waals surface area (Å²) in [5.74, 6) is 0.0605. The maximum absolute atomic E-state index is 15.0. The lowest BCUT2D eigenvalue weighted by Gasteiger charge is -2.29. The van der Waals surface area contributed by atoms with Gasteiger partial charge >= 0.3 is 0 Å². The van der Waals surface area contributed by atoms with Crippen LogP contribution in [0.2, 0.25) is 0 Å². The fourth-order valence-electron chi connectivity index (χ4n) is 5.39. The summed E-state index contributed by atoms with van der Waals surface area (Å²) in [4.78, 5) is 0. The van der Waals surface area contributed by atoms with Gasteiger partial charge in [0.25, 0.3) is 0 Å². The minimum absolute atomic E-state index is 0.0704. The van der Waals surface area contributed by atoms with E-state index in [1.54, 1.807) is 12.1 Å². The molecule has 178 valence electrons. The lowest BCUT2D eigenvalue weighted by atomic mass is 9.76. The van der Waals surface area contributed by atoms with Gasteiger partial charge in [0.15, 0.2) is 0 Å². The molecule has 0 aliphatic heterocycles. The van der Waals surface area contributed by atoms with Gasteiger partial charge in [0.05, 0.1) is 0 Å². The van der Waals surface area contributed by atoms with E-state index < -0.39 is 11.6 Å². The van der Waals surface area contributed by atoms with E-state index in [2.05, 4.69) is 43.3 Å². The molecule has 0 heterocycles. The monoisotopic (exact) mass is 458 g/mol. The van der Waals surface area contributed by atoms with Crippen LogP contribution < -0.4 is 0 Å². The molecule has 3 aromatic rings. The van der Waals surface area contributed by atoms with Gasteiger partial charge in [0, 0.05) is 5.56 Å². The molecule has 0 amide bonds. The molecule has 0 aromatic heterocycles. The first-order valence-corrected chi connectivity index (χ1v) is 12.8. The molecule has 2 heteroatoms. The molecule has 0 spiro atoms. The SMILES string of the molecule is C/C=C/CCc1ccc(C2CCC(c3cc(F)c(C[C@H](C)c4ccccc4)c(F)c3)CC2)cc1. The van der Waals surface area contributed by atoms with Crippen molar-refractivity contribution in [3.63, 3.8) is 0 Å². The predicted molar refractivity (Wildman–Crippen MR) is 138 cm³/mol. The average molecular weight is 459 g/mol. The van der Waals surface area contributed by atoms with Crippen LogP contribution in [0.3, 0.4) is 0 Å². The van der Waals surface area contributed by atoms with Gasteiger partial charge in [0.2, 0.25) is 0 Å². The lowest BCUT2D eigenvalue weighted by Crippen LogP contribution is -2.13. The Morgan fingerprint density at radius 2 is 1.41 bits per heavy atom. The average Bonchev–Trinajstić information content (AvgIpc) is 2.87. The van der Waals surface area contributed by atoms with Crippen LogP contribution in [0.25, 0.3) is 0 Å². The van der Waals surface area contributed by atoms with Crippen molar-refractivity contribution >= 4 is 0 Å². The van der Waals surface area contributed by atoms with E-state index in [1.165, 1.54) is 11.1 Å². The van der Waals surface area contributed by atoms with Crippen molar-refractivity contribution < 1.29 is 8.78 Å². The molecule has 0 nitrogen and oxygen atoms in total. The van der Waals surface area contributed by atoms with Crippen LogP contribution in [0.1, 0.15) is 91.5 Å². The van der Waals surface area contributed by atoms with E-state index in [4.69, 9.17) is 0 Å². The molecular formula is C32H36F2. The molecule has 1 aliphatic rings. The van der Waals surface area contributed by atoms with Crippen LogP contribution in [-0.4, -0.2) is 0 Å². The van der Waals surface area contributed by atoms with Gasteiger partial charge in [-0.2, -0.15) is 0 Å². The van der Waals surface area contributed by atoms with E-state index in [9.17, 15) is 8.78 Å². The van der Waals surface area contributed by atoms with Crippen molar-refractivity contribution in [3.8, 4) is 0 Å². The minimum Gasteiger partial charge on any atom is -0.207 e. The largest absolute Gasteiger partial charge is 0.207 e. The molecule has 3 aromatic carbocycles. The molecule has 34 heavy (non-hydrogen) atoms. The third kappa shape index (κ3) is 6.03. The van der Waals surface area contributed by atoms with Gasteiger partial charge in [-0.15, -0.1) is 0 Å². The third-order valence-corrected chi connectivity index (χ3v) is 7.53. The molecule has 1 aliphatic carbocycles. The van der Waals surface area contributed by atoms with Crippen LogP contribution in [0.15, 0.2) is 78.9 Å². The second kappa shape index (κ2) is 11.6. The van der Waals surface area contributed by atoms with Gasteiger partial charge in [-0.05, 0) is 104 Å². The highest BCUT2D eigenvalue weighted by molar-refractivity contribution is 5.32. The highest BCUT2D eigenvalue weighted by atomic mass is 19.1. The van der Waals surface area contributed by atoms with Gasteiger partial charge in [-0.25, -0.2) is 8.78 Å². The Bertz CT molecular complexity index is 1050. The Morgan fingerprint density at radius 1 is 0.824 bits per heavy atom. The zero-order valence-corrected chi connectivity index (χ0v) is 20.4. The number of aryl methyl sites for hydroxylation is 1. The number of allylic oxidation sites excluding steroid dienone is 2. The fourth-order valence-corrected chi connectivity index (χ4v) is 5.39. The van der Waals surface area contributed by atoms with Crippen LogP contribution in [0, 0.1) is 11.6 Å². The van der Waals surface area contributed by atoms with Crippen molar-refractivity contribution in [1.29, 1.82) is 0 Å². The fraction of sp³-hybridized carbons (Fsp3) is 0.375. The molecule has 1 saturated carbocycles. The summed E-state index contributed by atoms with van der Waals surface area (Å²) in [6.07, 6.45) is 10.9. The van der Waals surface area contributed by atoms with E-state index in [-0.39, 0.29) is 17.4 Å². The van der Waals surface area contributed by atoms with Gasteiger partial charge in [-0.1, -0.05) is 73.7 Å². The number of hydrogen-bond donors (Lipinski definition) is 0. The van der Waals surface area contributed by atoms with Crippen molar-refractivity contribution in [2.75, 3.05) is 0 Å². The standard InChI is InChI=1S/C32H36F2/c1-3-4-6-9-24-12-14-26(15-13-24)27-16-18-28(19-17-27)29-21-31(33)30(32(34)22-29)20-23(2)25-10-7-5-8-11-25/h3-5,7-8,10-15,21-23,27-28H,6,9,16-20H2,1-2H3/b4-3+/t23-,27?,28?/m0/s1. The predicted octanol–water partition coefficient (Wildman–Crippen LogP) is 9.26. The molecule has 1 fully saturated rings. The zero-order valence-electron chi connectivity index (χ0n) is 20.4. The van der Waals surface area contributed by atoms with E-state index in [0.717, 1.165) is 49.7 Å². The number of halogens is 2. The molecule has 0 bridgehead atoms. The molecule has 0 saturated heterocycles. The Labute approximate surface area is 203 Å². The van der Waals surface area contributed by atoms with Crippen molar-refractivity contribution in [1.82, 2.24) is 0 Å². The number of benzene rings is 3. The van der Waals surface area contributed by atoms with Crippen LogP contribution in [-0.2, 0) is 12.8 Å². The van der Waals surface area contributed by atoms with E-state index >= 15 is 0 Å². The summed E-state index contributed by atoms with van der Waals surface area (Å²) >= 11 is 0. The van der Waals surface area contributed by atoms with Crippen LogP contribution >= 0.6 is 0 Å². The topological polar surface area (TPSA) is 0 Å². The molecule has 0 N–H and O–H groups in total. The first kappa shape index (κ1) is 24.4. The summed E-state index contributed by atoms with van der Waals surface area (Å²) in [6, 6.07) is 22.2. The minimum atomic E-state index is -0.395. The van der Waals surface area contributed by atoms with E-state index in [1.807, 2.05) is 37.3 Å². The molecule has 4 rings (SSSR count). The lowest BCUT2D eigenvalue weighted by molar-refractivity contribution is 0.393. The Hall–Kier alpha value is -2.74. The van der Waals surface area contributed by atoms with Gasteiger partial charge in [-0.3, -0.25) is 0 Å². The quantitative estimate of drug-likeness (QED) is 0.295. The Kier molecular flexibility index (Phi) is 8.32. The van der Waals surface area contributed by atoms with Gasteiger partial charge in [0.1, 0.15) is 11.6 Å². The van der Waals surface area contributed by atoms with Crippen LogP contribution in [0.5, 0.6) is 0 Å². The third-order valence-electron chi connectivity index (χ3n) is 7.53. The second-order valence-corrected chi connectivity index (χ2v) is 9.88. The van der Waals surface area contributed by atoms with Gasteiger partial charge < -0.3 is 0 Å². The number of hydrogen-bond acceptors (Lipinski definition) is 0. The maximum atomic E-state index is 15.0. The summed E-state index contributed by atoms with van der Waals surface area (Å²) in [6.45, 7) is 4.08. The molecule has 0 unspecified atom stereocenters. The molecular weight excluding hydrogens is 422 g/mol. The summed E-state index contributed by atoms with van der Waals surface area (Å²) in [7, 11) is 0. The normalized spacial score (nSPS) is 19.4. The second-order valence-electron chi connectivity index (χ2n) is 9.88. The summed E-state index contributed by atoms with van der Waals surface area (Å²) < 4.78 is 30.0. The van der Waals surface area contributed by atoms with Crippen molar-refractivity contribution in [2.24, 2.45) is 0 Å². The van der Waals surface area contributed by atoms with Crippen molar-refractivity contribution in [3.05, 3.63) is 118 Å². The Morgan fingerprint density at radius 3 is 2.00 bits per heavy atom. The zero-order chi connectivity index (χ0) is 23.9. The first-order chi connectivity index (χ1) is 16.5. The first-order valence-electron chi connectivity index (χ1n) is 12.8. The summed E-state index contributed by atoms with van der Waals surface area (Å²) in [5, 5.41) is 0. The highest BCUT2D eigenvalue weighted by Crippen LogP contribution is 2.41. The van der Waals surface area contributed by atoms with Crippen molar-refractivity contribution in [2.45, 2.75) is 76.5 Å². The molecule has 1 atom stereocenters. The Balaban J connectivity index is 1.37. The maximum Gasteiger partial charge on any atom is 0.129 e. The summed E-state index contributed by atoms with van der Waals surface area (Å²) in [5.41, 5.74) is 4.92. The van der Waals surface area contributed by atoms with Crippen LogP contribution in [0.4, 0.5) is 8.78 Å². The molecule has 0 radical (unpaired) electrons. The smallest absolute Gasteiger partial charge is 0.129 e.